The second kappa shape index (κ2) is 7.77. The molecule has 0 bridgehead atoms. The van der Waals surface area contributed by atoms with Crippen LogP contribution in [0.2, 0.25) is 0 Å². The Morgan fingerprint density at radius 3 is 2.46 bits per heavy atom. The molecule has 0 aliphatic carbocycles. The van der Waals surface area contributed by atoms with E-state index in [0.29, 0.717) is 37.7 Å². The van der Waals surface area contributed by atoms with Crippen molar-refractivity contribution in [3.05, 3.63) is 47.8 Å². The molecule has 4 rings (SSSR count). The fourth-order valence-corrected chi connectivity index (χ4v) is 6.04. The van der Waals surface area contributed by atoms with E-state index < -0.39 is 16.3 Å². The van der Waals surface area contributed by atoms with Gasteiger partial charge in [-0.3, -0.25) is 0 Å². The first kappa shape index (κ1) is 19.3. The van der Waals surface area contributed by atoms with Crippen molar-refractivity contribution in [2.45, 2.75) is 31.8 Å². The molecule has 1 fully saturated rings. The molecule has 1 aromatic heterocycles. The Balaban J connectivity index is 1.83. The van der Waals surface area contributed by atoms with E-state index in [-0.39, 0.29) is 0 Å². The Labute approximate surface area is 166 Å². The molecule has 2 aromatic rings. The van der Waals surface area contributed by atoms with Gasteiger partial charge in [-0.15, -0.1) is 0 Å². The van der Waals surface area contributed by atoms with Gasteiger partial charge >= 0.3 is 0 Å². The zero-order valence-corrected chi connectivity index (χ0v) is 17.2. The number of piperidine rings is 1. The SMILES string of the molecule is COc1ccc(OC)c(C2c3cccn3CCN2S(=O)(=O)N2CCCCC2)c1. The number of fused-ring (bicyclic) bond motifs is 1. The smallest absolute Gasteiger partial charge is 0.282 e. The molecule has 1 unspecified atom stereocenters. The minimum atomic E-state index is -3.59. The predicted octanol–water partition coefficient (Wildman–Crippen LogP) is 2.64. The number of nitrogens with zero attached hydrogens (tertiary/aromatic N) is 3. The molecule has 0 saturated carbocycles. The second-order valence-electron chi connectivity index (χ2n) is 7.22. The number of methoxy groups -OCH3 is 2. The number of ether oxygens (including phenoxy) is 2. The number of hydrogen-bond acceptors (Lipinski definition) is 4. The molecule has 8 heteroatoms. The van der Waals surface area contributed by atoms with Crippen LogP contribution in [0.5, 0.6) is 11.5 Å². The molecular formula is C20H27N3O4S. The molecule has 2 aliphatic rings. The van der Waals surface area contributed by atoms with Gasteiger partial charge in [0, 0.05) is 43.6 Å². The van der Waals surface area contributed by atoms with Crippen molar-refractivity contribution in [2.24, 2.45) is 0 Å². The molecule has 0 N–H and O–H groups in total. The third-order valence-electron chi connectivity index (χ3n) is 5.66. The Bertz CT molecular complexity index is 935. The van der Waals surface area contributed by atoms with Gasteiger partial charge in [0.25, 0.3) is 10.2 Å². The van der Waals surface area contributed by atoms with Crippen molar-refractivity contribution in [1.29, 1.82) is 0 Å². The highest BCUT2D eigenvalue weighted by Gasteiger charge is 2.41. The van der Waals surface area contributed by atoms with Gasteiger partial charge in [-0.05, 0) is 43.2 Å². The second-order valence-corrected chi connectivity index (χ2v) is 9.10. The van der Waals surface area contributed by atoms with Crippen LogP contribution in [-0.4, -0.2) is 55.4 Å². The van der Waals surface area contributed by atoms with E-state index in [1.54, 1.807) is 22.8 Å². The number of hydrogen-bond donors (Lipinski definition) is 0. The zero-order valence-electron chi connectivity index (χ0n) is 16.4. The van der Waals surface area contributed by atoms with E-state index in [4.69, 9.17) is 9.47 Å². The lowest BCUT2D eigenvalue weighted by atomic mass is 10.0. The molecule has 1 saturated heterocycles. The minimum Gasteiger partial charge on any atom is -0.497 e. The maximum Gasteiger partial charge on any atom is 0.282 e. The molecule has 0 spiro atoms. The molecule has 1 atom stereocenters. The van der Waals surface area contributed by atoms with Crippen LogP contribution in [0.15, 0.2) is 36.5 Å². The van der Waals surface area contributed by atoms with Crippen molar-refractivity contribution in [1.82, 2.24) is 13.2 Å². The van der Waals surface area contributed by atoms with Crippen LogP contribution in [0.25, 0.3) is 0 Å². The third-order valence-corrected chi connectivity index (χ3v) is 7.67. The monoisotopic (exact) mass is 405 g/mol. The first-order valence-electron chi connectivity index (χ1n) is 9.70. The number of rotatable bonds is 5. The van der Waals surface area contributed by atoms with Crippen LogP contribution in [0.1, 0.15) is 36.6 Å². The van der Waals surface area contributed by atoms with Gasteiger partial charge in [0.15, 0.2) is 0 Å². The first-order valence-corrected chi connectivity index (χ1v) is 11.1. The summed E-state index contributed by atoms with van der Waals surface area (Å²) < 4.78 is 43.5. The Morgan fingerprint density at radius 1 is 0.964 bits per heavy atom. The van der Waals surface area contributed by atoms with Gasteiger partial charge in [-0.1, -0.05) is 6.42 Å². The van der Waals surface area contributed by atoms with Crippen LogP contribution in [-0.2, 0) is 16.8 Å². The number of benzene rings is 1. The summed E-state index contributed by atoms with van der Waals surface area (Å²) >= 11 is 0. The molecule has 0 amide bonds. The Kier molecular flexibility index (Phi) is 5.35. The average Bonchev–Trinajstić information content (AvgIpc) is 3.22. The summed E-state index contributed by atoms with van der Waals surface area (Å²) in [5.74, 6) is 1.33. The molecule has 7 nitrogen and oxygen atoms in total. The van der Waals surface area contributed by atoms with Gasteiger partial charge in [-0.25, -0.2) is 0 Å². The van der Waals surface area contributed by atoms with Crippen LogP contribution >= 0.6 is 0 Å². The van der Waals surface area contributed by atoms with Gasteiger partial charge in [0.05, 0.1) is 20.3 Å². The Hall–Kier alpha value is -2.03. The van der Waals surface area contributed by atoms with E-state index in [2.05, 4.69) is 4.57 Å². The Morgan fingerprint density at radius 2 is 1.75 bits per heavy atom. The molecule has 3 heterocycles. The summed E-state index contributed by atoms with van der Waals surface area (Å²) in [5.41, 5.74) is 1.74. The lowest BCUT2D eigenvalue weighted by Crippen LogP contribution is -2.50. The highest BCUT2D eigenvalue weighted by Crippen LogP contribution is 2.41. The lowest BCUT2D eigenvalue weighted by molar-refractivity contribution is 0.250. The maximum absolute atomic E-state index is 13.6. The molecule has 1 aromatic carbocycles. The van der Waals surface area contributed by atoms with Crippen LogP contribution in [0, 0.1) is 0 Å². The fraction of sp³-hybridized carbons (Fsp3) is 0.500. The summed E-state index contributed by atoms with van der Waals surface area (Å²) in [6, 6.07) is 9.04. The van der Waals surface area contributed by atoms with Crippen LogP contribution < -0.4 is 9.47 Å². The van der Waals surface area contributed by atoms with Crippen LogP contribution in [0.4, 0.5) is 0 Å². The van der Waals surface area contributed by atoms with E-state index in [9.17, 15) is 8.42 Å². The molecular weight excluding hydrogens is 378 g/mol. The quantitative estimate of drug-likeness (QED) is 0.767. The van der Waals surface area contributed by atoms with Crippen molar-refractivity contribution >= 4 is 10.2 Å². The summed E-state index contributed by atoms with van der Waals surface area (Å²) in [6.07, 6.45) is 4.91. The molecule has 28 heavy (non-hydrogen) atoms. The highest BCUT2D eigenvalue weighted by atomic mass is 32.2. The highest BCUT2D eigenvalue weighted by molar-refractivity contribution is 7.86. The fourth-order valence-electron chi connectivity index (χ4n) is 4.22. The maximum atomic E-state index is 13.6. The largest absolute Gasteiger partial charge is 0.497 e. The number of aromatic nitrogens is 1. The topological polar surface area (TPSA) is 64.0 Å². The average molecular weight is 406 g/mol. The normalized spacial score (nSPS) is 21.3. The standard InChI is InChI=1S/C20H27N3O4S/c1-26-16-8-9-19(27-2)17(15-16)20-18-7-6-10-21(18)13-14-23(20)28(24,25)22-11-4-3-5-12-22/h6-10,15,20H,3-5,11-14H2,1-2H3. The molecule has 2 aliphatic heterocycles. The predicted molar refractivity (Wildman–Crippen MR) is 107 cm³/mol. The first-order chi connectivity index (χ1) is 13.6. The molecule has 0 radical (unpaired) electrons. The van der Waals surface area contributed by atoms with Gasteiger partial charge < -0.3 is 14.0 Å². The summed E-state index contributed by atoms with van der Waals surface area (Å²) in [6.45, 7) is 2.23. The van der Waals surface area contributed by atoms with Crippen LogP contribution in [0.3, 0.4) is 0 Å². The van der Waals surface area contributed by atoms with E-state index in [1.807, 2.05) is 36.5 Å². The zero-order chi connectivity index (χ0) is 19.7. The van der Waals surface area contributed by atoms with Gasteiger partial charge in [-0.2, -0.15) is 17.0 Å². The van der Waals surface area contributed by atoms with E-state index >= 15 is 0 Å². The van der Waals surface area contributed by atoms with Crippen molar-refractivity contribution in [3.63, 3.8) is 0 Å². The van der Waals surface area contributed by atoms with Gasteiger partial charge in [0.1, 0.15) is 11.5 Å². The van der Waals surface area contributed by atoms with E-state index in [1.165, 1.54) is 0 Å². The van der Waals surface area contributed by atoms with Crippen molar-refractivity contribution in [3.8, 4) is 11.5 Å². The van der Waals surface area contributed by atoms with Crippen molar-refractivity contribution < 1.29 is 17.9 Å². The van der Waals surface area contributed by atoms with E-state index in [0.717, 1.165) is 30.5 Å². The molecule has 152 valence electrons. The summed E-state index contributed by atoms with van der Waals surface area (Å²) in [5, 5.41) is 0. The van der Waals surface area contributed by atoms with Crippen molar-refractivity contribution in [2.75, 3.05) is 33.9 Å². The third kappa shape index (κ3) is 3.29. The summed E-state index contributed by atoms with van der Waals surface area (Å²) in [7, 11) is -0.374. The lowest BCUT2D eigenvalue weighted by Gasteiger charge is -2.40. The minimum absolute atomic E-state index is 0.422. The summed E-state index contributed by atoms with van der Waals surface area (Å²) in [4.78, 5) is 0. The van der Waals surface area contributed by atoms with Gasteiger partial charge in [0.2, 0.25) is 0 Å².